The molecule has 0 radical (unpaired) electrons. The van der Waals surface area contributed by atoms with Gasteiger partial charge in [0.05, 0.1) is 12.3 Å². The van der Waals surface area contributed by atoms with Crippen molar-refractivity contribution in [1.82, 2.24) is 9.80 Å². The molecular formula is C25H25FN2O4S. The van der Waals surface area contributed by atoms with E-state index in [0.717, 1.165) is 24.8 Å². The maximum atomic E-state index is 14.1. The highest BCUT2D eigenvalue weighted by Gasteiger charge is 2.35. The quantitative estimate of drug-likeness (QED) is 0.487. The van der Waals surface area contributed by atoms with Gasteiger partial charge < -0.3 is 19.0 Å². The number of carbonyl (C=O) groups is 2. The third kappa shape index (κ3) is 4.80. The van der Waals surface area contributed by atoms with E-state index in [4.69, 9.17) is 9.15 Å². The molecule has 8 heteroatoms. The van der Waals surface area contributed by atoms with Gasteiger partial charge in [0.1, 0.15) is 13.2 Å². The van der Waals surface area contributed by atoms with Crippen molar-refractivity contribution in [2.45, 2.75) is 25.3 Å². The van der Waals surface area contributed by atoms with Gasteiger partial charge in [-0.1, -0.05) is 12.1 Å². The van der Waals surface area contributed by atoms with E-state index in [0.29, 0.717) is 19.0 Å². The van der Waals surface area contributed by atoms with Crippen LogP contribution in [0.15, 0.2) is 58.5 Å². The van der Waals surface area contributed by atoms with E-state index in [1.807, 2.05) is 11.4 Å². The van der Waals surface area contributed by atoms with E-state index in [9.17, 15) is 14.0 Å². The number of amides is 2. The van der Waals surface area contributed by atoms with E-state index >= 15 is 0 Å². The van der Waals surface area contributed by atoms with Gasteiger partial charge in [-0.3, -0.25) is 9.59 Å². The standard InChI is InChI=1S/C25H25FN2O4S/c26-19-4-1-2-5-21(19)32-16-20-18-10-13-33-23(18)9-11-28(20)24(29)15-27(14-17-7-8-17)25(30)22-6-3-12-31-22/h1-6,10,12-13,17,20H,7-9,11,14-16H2/t20-/m1/s1. The minimum Gasteiger partial charge on any atom is -0.488 e. The Hall–Kier alpha value is -3.13. The Balaban J connectivity index is 1.34. The normalized spacial score (nSPS) is 17.5. The Kier molecular flexibility index (Phi) is 6.17. The summed E-state index contributed by atoms with van der Waals surface area (Å²) in [5.74, 6) is -0.0162. The van der Waals surface area contributed by atoms with Crippen molar-refractivity contribution in [2.24, 2.45) is 5.92 Å². The lowest BCUT2D eigenvalue weighted by Crippen LogP contribution is -2.48. The molecule has 2 aromatic heterocycles. The molecule has 0 saturated heterocycles. The molecule has 6 nitrogen and oxygen atoms in total. The van der Waals surface area contributed by atoms with E-state index in [1.165, 1.54) is 17.2 Å². The second kappa shape index (κ2) is 9.39. The summed E-state index contributed by atoms with van der Waals surface area (Å²) < 4.78 is 25.2. The van der Waals surface area contributed by atoms with E-state index in [1.54, 1.807) is 51.5 Å². The molecule has 0 N–H and O–H groups in total. The molecule has 1 aromatic carbocycles. The van der Waals surface area contributed by atoms with Crippen molar-refractivity contribution in [3.63, 3.8) is 0 Å². The van der Waals surface area contributed by atoms with Crippen LogP contribution in [0.25, 0.3) is 0 Å². The number of furan rings is 1. The van der Waals surface area contributed by atoms with Gasteiger partial charge in [0.2, 0.25) is 5.91 Å². The number of nitrogens with zero attached hydrogens (tertiary/aromatic N) is 2. The molecule has 1 fully saturated rings. The number of halogens is 1. The highest BCUT2D eigenvalue weighted by molar-refractivity contribution is 7.10. The molecule has 5 rings (SSSR count). The Bertz CT molecular complexity index is 1130. The molecule has 33 heavy (non-hydrogen) atoms. The smallest absolute Gasteiger partial charge is 0.290 e. The molecule has 1 saturated carbocycles. The van der Waals surface area contributed by atoms with Crippen LogP contribution < -0.4 is 4.74 Å². The van der Waals surface area contributed by atoms with Crippen LogP contribution in [0.2, 0.25) is 0 Å². The lowest BCUT2D eigenvalue weighted by Gasteiger charge is -2.37. The number of hydrogen-bond donors (Lipinski definition) is 0. The van der Waals surface area contributed by atoms with Gasteiger partial charge in [-0.05, 0) is 66.5 Å². The van der Waals surface area contributed by atoms with Crippen LogP contribution in [0.4, 0.5) is 4.39 Å². The van der Waals surface area contributed by atoms with Crippen molar-refractivity contribution in [3.8, 4) is 5.75 Å². The molecule has 172 valence electrons. The van der Waals surface area contributed by atoms with Gasteiger partial charge in [0.15, 0.2) is 17.3 Å². The first-order valence-corrected chi connectivity index (χ1v) is 12.0. The van der Waals surface area contributed by atoms with Crippen molar-refractivity contribution in [2.75, 3.05) is 26.2 Å². The van der Waals surface area contributed by atoms with Gasteiger partial charge in [0, 0.05) is 18.0 Å². The summed E-state index contributed by atoms with van der Waals surface area (Å²) in [6.07, 6.45) is 4.35. The summed E-state index contributed by atoms with van der Waals surface area (Å²) in [5, 5.41) is 2.01. The second-order valence-electron chi connectivity index (χ2n) is 8.50. The summed E-state index contributed by atoms with van der Waals surface area (Å²) in [6, 6.07) is 11.2. The highest BCUT2D eigenvalue weighted by atomic mass is 32.1. The number of fused-ring (bicyclic) bond motifs is 1. The molecule has 2 aliphatic rings. The van der Waals surface area contributed by atoms with Crippen LogP contribution in [0.1, 0.15) is 39.9 Å². The number of rotatable bonds is 8. The Labute approximate surface area is 195 Å². The van der Waals surface area contributed by atoms with Crippen molar-refractivity contribution in [1.29, 1.82) is 0 Å². The first-order valence-electron chi connectivity index (χ1n) is 11.2. The average Bonchev–Trinajstić information content (AvgIpc) is 3.26. The zero-order valence-electron chi connectivity index (χ0n) is 18.1. The fraction of sp³-hybridized carbons (Fsp3) is 0.360. The lowest BCUT2D eigenvalue weighted by atomic mass is 10.0. The largest absolute Gasteiger partial charge is 0.488 e. The molecule has 1 atom stereocenters. The minimum atomic E-state index is -0.434. The third-order valence-electron chi connectivity index (χ3n) is 6.17. The van der Waals surface area contributed by atoms with Gasteiger partial charge in [-0.25, -0.2) is 4.39 Å². The maximum absolute atomic E-state index is 14.1. The van der Waals surface area contributed by atoms with Gasteiger partial charge in [-0.15, -0.1) is 11.3 Å². The zero-order chi connectivity index (χ0) is 22.8. The summed E-state index contributed by atoms with van der Waals surface area (Å²) >= 11 is 1.66. The van der Waals surface area contributed by atoms with Crippen LogP contribution in [-0.2, 0) is 11.2 Å². The van der Waals surface area contributed by atoms with E-state index in [2.05, 4.69) is 0 Å². The van der Waals surface area contributed by atoms with Crippen molar-refractivity contribution < 1.29 is 23.1 Å². The molecule has 1 aliphatic carbocycles. The SMILES string of the molecule is O=C(c1ccco1)N(CC(=O)N1CCc2sccc2[C@H]1COc1ccccc1F)CC1CC1. The zero-order valence-corrected chi connectivity index (χ0v) is 18.9. The maximum Gasteiger partial charge on any atom is 0.290 e. The first kappa shape index (κ1) is 21.7. The summed E-state index contributed by atoms with van der Waals surface area (Å²) in [7, 11) is 0. The molecule has 3 heterocycles. The predicted octanol–water partition coefficient (Wildman–Crippen LogP) is 4.54. The average molecular weight is 469 g/mol. The molecule has 3 aromatic rings. The second-order valence-corrected chi connectivity index (χ2v) is 9.50. The van der Waals surface area contributed by atoms with Crippen LogP contribution >= 0.6 is 11.3 Å². The van der Waals surface area contributed by atoms with Crippen LogP contribution in [-0.4, -0.2) is 47.9 Å². The third-order valence-corrected chi connectivity index (χ3v) is 7.17. The van der Waals surface area contributed by atoms with Crippen molar-refractivity contribution >= 4 is 23.2 Å². The summed E-state index contributed by atoms with van der Waals surface area (Å²) in [6.45, 7) is 1.19. The topological polar surface area (TPSA) is 63.0 Å². The predicted molar refractivity (Wildman–Crippen MR) is 122 cm³/mol. The lowest BCUT2D eigenvalue weighted by molar-refractivity contribution is -0.135. The number of ether oxygens (including phenoxy) is 1. The fourth-order valence-electron chi connectivity index (χ4n) is 4.25. The molecular weight excluding hydrogens is 443 g/mol. The number of benzene rings is 1. The Morgan fingerprint density at radius 2 is 2.03 bits per heavy atom. The van der Waals surface area contributed by atoms with E-state index in [-0.39, 0.29) is 42.5 Å². The van der Waals surface area contributed by atoms with Crippen LogP contribution in [0, 0.1) is 11.7 Å². The monoisotopic (exact) mass is 468 g/mol. The van der Waals surface area contributed by atoms with Gasteiger partial charge in [0.25, 0.3) is 5.91 Å². The number of para-hydroxylation sites is 1. The number of thiophene rings is 1. The Morgan fingerprint density at radius 1 is 1.18 bits per heavy atom. The minimum absolute atomic E-state index is 0.0221. The molecule has 0 spiro atoms. The van der Waals surface area contributed by atoms with Gasteiger partial charge >= 0.3 is 0 Å². The van der Waals surface area contributed by atoms with Gasteiger partial charge in [-0.2, -0.15) is 0 Å². The molecule has 0 bridgehead atoms. The molecule has 2 amide bonds. The van der Waals surface area contributed by atoms with Crippen LogP contribution in [0.3, 0.4) is 0 Å². The fourth-order valence-corrected chi connectivity index (χ4v) is 5.17. The molecule has 1 aliphatic heterocycles. The number of hydrogen-bond acceptors (Lipinski definition) is 5. The number of carbonyl (C=O) groups excluding carboxylic acids is 2. The summed E-state index contributed by atoms with van der Waals surface area (Å²) in [5.41, 5.74) is 1.03. The Morgan fingerprint density at radius 3 is 2.79 bits per heavy atom. The molecule has 0 unspecified atom stereocenters. The van der Waals surface area contributed by atoms with E-state index < -0.39 is 5.82 Å². The highest BCUT2D eigenvalue weighted by Crippen LogP contribution is 2.35. The summed E-state index contributed by atoms with van der Waals surface area (Å²) in [4.78, 5) is 31.0. The first-order chi connectivity index (χ1) is 16.1. The van der Waals surface area contributed by atoms with Crippen LogP contribution in [0.5, 0.6) is 5.75 Å². The van der Waals surface area contributed by atoms with Crippen molar-refractivity contribution in [3.05, 3.63) is 76.1 Å².